The van der Waals surface area contributed by atoms with Gasteiger partial charge in [0.15, 0.2) is 0 Å². The number of aryl methyl sites for hydroxylation is 1. The standard InChI is InChI=1S/C16H17FN2O/c1-11-9-13(7-8-14(11)17)16(20)19-10-15(18)12-5-3-2-4-6-12/h2-9,15H,10,18H2,1H3,(H,19,20). The molecule has 1 atom stereocenters. The van der Waals surface area contributed by atoms with Crippen molar-refractivity contribution in [3.8, 4) is 0 Å². The van der Waals surface area contributed by atoms with E-state index in [1.807, 2.05) is 30.3 Å². The van der Waals surface area contributed by atoms with Crippen LogP contribution in [0.2, 0.25) is 0 Å². The van der Waals surface area contributed by atoms with Crippen LogP contribution >= 0.6 is 0 Å². The highest BCUT2D eigenvalue weighted by atomic mass is 19.1. The number of hydrogen-bond acceptors (Lipinski definition) is 2. The minimum Gasteiger partial charge on any atom is -0.350 e. The lowest BCUT2D eigenvalue weighted by molar-refractivity contribution is 0.0951. The van der Waals surface area contributed by atoms with E-state index in [2.05, 4.69) is 5.32 Å². The van der Waals surface area contributed by atoms with Crippen molar-refractivity contribution in [2.45, 2.75) is 13.0 Å². The van der Waals surface area contributed by atoms with Gasteiger partial charge >= 0.3 is 0 Å². The van der Waals surface area contributed by atoms with Gasteiger partial charge in [0.2, 0.25) is 0 Å². The van der Waals surface area contributed by atoms with Crippen LogP contribution in [-0.4, -0.2) is 12.5 Å². The maximum absolute atomic E-state index is 13.1. The second kappa shape index (κ2) is 6.30. The van der Waals surface area contributed by atoms with Gasteiger partial charge in [0, 0.05) is 18.2 Å². The first-order chi connectivity index (χ1) is 9.58. The molecule has 3 nitrogen and oxygen atoms in total. The highest BCUT2D eigenvalue weighted by molar-refractivity contribution is 5.94. The molecule has 0 aliphatic rings. The largest absolute Gasteiger partial charge is 0.350 e. The molecule has 20 heavy (non-hydrogen) atoms. The lowest BCUT2D eigenvalue weighted by Gasteiger charge is -2.13. The van der Waals surface area contributed by atoms with Crippen LogP contribution in [0.1, 0.15) is 27.5 Å². The van der Waals surface area contributed by atoms with E-state index in [0.29, 0.717) is 17.7 Å². The fourth-order valence-corrected chi connectivity index (χ4v) is 1.91. The Hall–Kier alpha value is -2.20. The average molecular weight is 272 g/mol. The highest BCUT2D eigenvalue weighted by Gasteiger charge is 2.10. The Balaban J connectivity index is 1.97. The van der Waals surface area contributed by atoms with Crippen molar-refractivity contribution in [2.75, 3.05) is 6.54 Å². The van der Waals surface area contributed by atoms with Gasteiger partial charge in [-0.2, -0.15) is 0 Å². The zero-order chi connectivity index (χ0) is 14.5. The minimum atomic E-state index is -0.317. The summed E-state index contributed by atoms with van der Waals surface area (Å²) in [6.45, 7) is 1.96. The molecule has 0 aliphatic heterocycles. The van der Waals surface area contributed by atoms with Gasteiger partial charge in [0.25, 0.3) is 5.91 Å². The van der Waals surface area contributed by atoms with Crippen molar-refractivity contribution in [1.29, 1.82) is 0 Å². The Morgan fingerprint density at radius 2 is 1.95 bits per heavy atom. The summed E-state index contributed by atoms with van der Waals surface area (Å²) < 4.78 is 13.1. The second-order valence-electron chi connectivity index (χ2n) is 4.69. The zero-order valence-corrected chi connectivity index (χ0v) is 11.3. The number of carbonyl (C=O) groups excluding carboxylic acids is 1. The molecule has 2 rings (SSSR count). The zero-order valence-electron chi connectivity index (χ0n) is 11.3. The topological polar surface area (TPSA) is 55.1 Å². The molecular formula is C16H17FN2O. The number of halogens is 1. The molecule has 0 fully saturated rings. The summed E-state index contributed by atoms with van der Waals surface area (Å²) in [5.74, 6) is -0.568. The first kappa shape index (κ1) is 14.2. The summed E-state index contributed by atoms with van der Waals surface area (Å²) in [4.78, 5) is 12.0. The van der Waals surface area contributed by atoms with Gasteiger partial charge in [0.1, 0.15) is 5.82 Å². The molecule has 0 spiro atoms. The lowest BCUT2D eigenvalue weighted by Crippen LogP contribution is -2.31. The number of nitrogens with two attached hydrogens (primary N) is 1. The SMILES string of the molecule is Cc1cc(C(=O)NCC(N)c2ccccc2)ccc1F. The van der Waals surface area contributed by atoms with Crippen molar-refractivity contribution in [2.24, 2.45) is 5.73 Å². The molecule has 2 aromatic rings. The molecule has 0 heterocycles. The molecule has 0 radical (unpaired) electrons. The van der Waals surface area contributed by atoms with Crippen molar-refractivity contribution in [3.05, 3.63) is 71.0 Å². The molecule has 1 amide bonds. The molecule has 0 aromatic heterocycles. The van der Waals surface area contributed by atoms with E-state index in [-0.39, 0.29) is 17.8 Å². The first-order valence-corrected chi connectivity index (χ1v) is 6.43. The third-order valence-corrected chi connectivity index (χ3v) is 3.13. The molecule has 1 unspecified atom stereocenters. The number of rotatable bonds is 4. The molecular weight excluding hydrogens is 255 g/mol. The van der Waals surface area contributed by atoms with Crippen molar-refractivity contribution in [3.63, 3.8) is 0 Å². The van der Waals surface area contributed by atoms with Crippen LogP contribution in [0, 0.1) is 12.7 Å². The smallest absolute Gasteiger partial charge is 0.251 e. The number of carbonyl (C=O) groups is 1. The lowest BCUT2D eigenvalue weighted by atomic mass is 10.1. The van der Waals surface area contributed by atoms with Gasteiger partial charge in [-0.3, -0.25) is 4.79 Å². The summed E-state index contributed by atoms with van der Waals surface area (Å²) in [7, 11) is 0. The van der Waals surface area contributed by atoms with Gasteiger partial charge in [-0.25, -0.2) is 4.39 Å². The number of hydrogen-bond donors (Lipinski definition) is 2. The van der Waals surface area contributed by atoms with Crippen LogP contribution < -0.4 is 11.1 Å². The summed E-state index contributed by atoms with van der Waals surface area (Å²) in [6.07, 6.45) is 0. The van der Waals surface area contributed by atoms with Gasteiger partial charge in [0.05, 0.1) is 0 Å². The molecule has 3 N–H and O–H groups in total. The molecule has 0 aliphatic carbocycles. The predicted molar refractivity (Wildman–Crippen MR) is 76.8 cm³/mol. The van der Waals surface area contributed by atoms with E-state index in [9.17, 15) is 9.18 Å². The molecule has 4 heteroatoms. The maximum atomic E-state index is 13.1. The Bertz CT molecular complexity index is 599. The third kappa shape index (κ3) is 3.42. The molecule has 0 bridgehead atoms. The van der Waals surface area contributed by atoms with E-state index in [1.54, 1.807) is 6.92 Å². The van der Waals surface area contributed by atoms with Crippen LogP contribution in [-0.2, 0) is 0 Å². The molecule has 104 valence electrons. The number of amides is 1. The fourth-order valence-electron chi connectivity index (χ4n) is 1.91. The normalized spacial score (nSPS) is 11.9. The second-order valence-corrected chi connectivity index (χ2v) is 4.69. The average Bonchev–Trinajstić information content (AvgIpc) is 2.48. The summed E-state index contributed by atoms with van der Waals surface area (Å²) in [6, 6.07) is 13.6. The Morgan fingerprint density at radius 1 is 1.25 bits per heavy atom. The number of benzene rings is 2. The summed E-state index contributed by atoms with van der Waals surface area (Å²) >= 11 is 0. The third-order valence-electron chi connectivity index (χ3n) is 3.13. The first-order valence-electron chi connectivity index (χ1n) is 6.43. The van der Waals surface area contributed by atoms with Crippen LogP contribution in [0.5, 0.6) is 0 Å². The highest BCUT2D eigenvalue weighted by Crippen LogP contribution is 2.11. The van der Waals surface area contributed by atoms with E-state index >= 15 is 0 Å². The predicted octanol–water partition coefficient (Wildman–Crippen LogP) is 2.56. The molecule has 0 saturated carbocycles. The molecule has 0 saturated heterocycles. The number of nitrogens with one attached hydrogen (secondary N) is 1. The maximum Gasteiger partial charge on any atom is 0.251 e. The van der Waals surface area contributed by atoms with Crippen molar-refractivity contribution in [1.82, 2.24) is 5.32 Å². The van der Waals surface area contributed by atoms with Crippen molar-refractivity contribution < 1.29 is 9.18 Å². The van der Waals surface area contributed by atoms with Gasteiger partial charge in [-0.1, -0.05) is 30.3 Å². The van der Waals surface area contributed by atoms with E-state index in [1.165, 1.54) is 18.2 Å². The Kier molecular flexibility index (Phi) is 4.48. The monoisotopic (exact) mass is 272 g/mol. The summed E-state index contributed by atoms with van der Waals surface area (Å²) in [5.41, 5.74) is 7.85. The van der Waals surface area contributed by atoms with Gasteiger partial charge in [-0.15, -0.1) is 0 Å². The minimum absolute atomic E-state index is 0.250. The molecule has 2 aromatic carbocycles. The van der Waals surface area contributed by atoms with Crippen LogP contribution in [0.15, 0.2) is 48.5 Å². The summed E-state index contributed by atoms with van der Waals surface area (Å²) in [5, 5.41) is 2.76. The Morgan fingerprint density at radius 3 is 2.60 bits per heavy atom. The van der Waals surface area contributed by atoms with Crippen molar-refractivity contribution >= 4 is 5.91 Å². The van der Waals surface area contributed by atoms with Crippen LogP contribution in [0.4, 0.5) is 4.39 Å². The van der Waals surface area contributed by atoms with E-state index in [4.69, 9.17) is 5.73 Å². The van der Waals surface area contributed by atoms with Gasteiger partial charge in [-0.05, 0) is 36.2 Å². The van der Waals surface area contributed by atoms with E-state index in [0.717, 1.165) is 5.56 Å². The van der Waals surface area contributed by atoms with Gasteiger partial charge < -0.3 is 11.1 Å². The fraction of sp³-hybridized carbons (Fsp3) is 0.188. The van der Waals surface area contributed by atoms with Crippen LogP contribution in [0.3, 0.4) is 0 Å². The Labute approximate surface area is 117 Å². The quantitative estimate of drug-likeness (QED) is 0.898. The van der Waals surface area contributed by atoms with E-state index < -0.39 is 0 Å². The van der Waals surface area contributed by atoms with Crippen LogP contribution in [0.25, 0.3) is 0 Å².